The Kier molecular flexibility index (Phi) is 4.48. The molecule has 0 aliphatic carbocycles. The van der Waals surface area contributed by atoms with Crippen LogP contribution in [0.25, 0.3) is 0 Å². The molecule has 0 spiro atoms. The van der Waals surface area contributed by atoms with Crippen LogP contribution in [0.2, 0.25) is 0 Å². The van der Waals surface area contributed by atoms with Crippen LogP contribution in [0.5, 0.6) is 5.75 Å². The predicted molar refractivity (Wildman–Crippen MR) is 84.6 cm³/mol. The summed E-state index contributed by atoms with van der Waals surface area (Å²) in [6.45, 7) is 2.99. The number of nitro groups is 1. The van der Waals surface area contributed by atoms with Gasteiger partial charge in [0.2, 0.25) is 5.75 Å². The average molecular weight is 331 g/mol. The fraction of sp³-hybridized carbons (Fsp3) is 0.312. The van der Waals surface area contributed by atoms with Crippen molar-refractivity contribution in [3.63, 3.8) is 0 Å². The van der Waals surface area contributed by atoms with E-state index in [0.717, 1.165) is 5.76 Å². The molecule has 2 heterocycles. The minimum absolute atomic E-state index is 0.0383. The number of benzene rings is 1. The number of phenols is 1. The van der Waals surface area contributed by atoms with Gasteiger partial charge in [0.25, 0.3) is 5.91 Å². The Morgan fingerprint density at radius 1 is 1.21 bits per heavy atom. The van der Waals surface area contributed by atoms with E-state index in [9.17, 15) is 20.0 Å². The van der Waals surface area contributed by atoms with Gasteiger partial charge in [0.05, 0.1) is 23.3 Å². The number of hydrogen-bond donors (Lipinski definition) is 1. The quantitative estimate of drug-likeness (QED) is 0.678. The van der Waals surface area contributed by atoms with Crippen LogP contribution in [0.3, 0.4) is 0 Å². The van der Waals surface area contributed by atoms with E-state index in [2.05, 4.69) is 4.90 Å². The van der Waals surface area contributed by atoms with Crippen molar-refractivity contribution in [1.29, 1.82) is 0 Å². The Hall–Kier alpha value is -2.87. The van der Waals surface area contributed by atoms with Crippen molar-refractivity contribution in [2.45, 2.75) is 6.54 Å². The number of phenolic OH excluding ortho intramolecular Hbond substituents is 1. The number of hydrogen-bond acceptors (Lipinski definition) is 6. The second kappa shape index (κ2) is 6.71. The van der Waals surface area contributed by atoms with Gasteiger partial charge < -0.3 is 14.4 Å². The number of piperazine rings is 1. The first-order valence-electron chi connectivity index (χ1n) is 7.56. The Labute approximate surface area is 138 Å². The molecule has 1 aromatic heterocycles. The number of amides is 1. The Morgan fingerprint density at radius 2 is 1.96 bits per heavy atom. The first kappa shape index (κ1) is 16.0. The molecule has 1 aromatic carbocycles. The normalized spacial score (nSPS) is 15.4. The SMILES string of the molecule is O=C(c1cccc([N+](=O)[O-])c1O)N1CCN(Cc2ccco2)CC1. The third-order valence-electron chi connectivity index (χ3n) is 4.06. The average Bonchev–Trinajstić information content (AvgIpc) is 3.08. The molecule has 1 saturated heterocycles. The number of carbonyl (C=O) groups is 1. The van der Waals surface area contributed by atoms with Crippen LogP contribution in [-0.2, 0) is 6.54 Å². The first-order valence-corrected chi connectivity index (χ1v) is 7.56. The van der Waals surface area contributed by atoms with Gasteiger partial charge in [-0.2, -0.15) is 0 Å². The van der Waals surface area contributed by atoms with E-state index in [4.69, 9.17) is 4.42 Å². The largest absolute Gasteiger partial charge is 0.502 e. The Morgan fingerprint density at radius 3 is 2.58 bits per heavy atom. The van der Waals surface area contributed by atoms with E-state index < -0.39 is 22.3 Å². The lowest BCUT2D eigenvalue weighted by molar-refractivity contribution is -0.385. The highest BCUT2D eigenvalue weighted by atomic mass is 16.6. The highest BCUT2D eigenvalue weighted by Crippen LogP contribution is 2.30. The second-order valence-corrected chi connectivity index (χ2v) is 5.58. The maximum atomic E-state index is 12.5. The molecule has 0 atom stereocenters. The minimum Gasteiger partial charge on any atom is -0.502 e. The van der Waals surface area contributed by atoms with Crippen molar-refractivity contribution in [2.75, 3.05) is 26.2 Å². The molecular weight excluding hydrogens is 314 g/mol. The molecular formula is C16H17N3O5. The van der Waals surface area contributed by atoms with Gasteiger partial charge in [-0.25, -0.2) is 0 Å². The van der Waals surface area contributed by atoms with E-state index in [1.54, 1.807) is 11.2 Å². The van der Waals surface area contributed by atoms with Gasteiger partial charge in [0.1, 0.15) is 5.76 Å². The zero-order chi connectivity index (χ0) is 17.1. The molecule has 0 radical (unpaired) electrons. The van der Waals surface area contributed by atoms with Gasteiger partial charge in [-0.3, -0.25) is 19.8 Å². The predicted octanol–water partition coefficient (Wildman–Crippen LogP) is 1.85. The molecule has 126 valence electrons. The van der Waals surface area contributed by atoms with Gasteiger partial charge in [-0.1, -0.05) is 6.07 Å². The van der Waals surface area contributed by atoms with Crippen LogP contribution in [0.4, 0.5) is 5.69 Å². The molecule has 1 aliphatic heterocycles. The zero-order valence-electron chi connectivity index (χ0n) is 12.9. The summed E-state index contributed by atoms with van der Waals surface area (Å²) < 4.78 is 5.31. The number of furan rings is 1. The second-order valence-electron chi connectivity index (χ2n) is 5.58. The van der Waals surface area contributed by atoms with Crippen molar-refractivity contribution in [1.82, 2.24) is 9.80 Å². The molecule has 2 aromatic rings. The maximum Gasteiger partial charge on any atom is 0.311 e. The topological polar surface area (TPSA) is 100 Å². The zero-order valence-corrected chi connectivity index (χ0v) is 12.9. The van der Waals surface area contributed by atoms with Crippen molar-refractivity contribution >= 4 is 11.6 Å². The van der Waals surface area contributed by atoms with Crippen LogP contribution >= 0.6 is 0 Å². The van der Waals surface area contributed by atoms with Gasteiger partial charge >= 0.3 is 5.69 Å². The molecule has 1 N–H and O–H groups in total. The van der Waals surface area contributed by atoms with Crippen molar-refractivity contribution in [2.24, 2.45) is 0 Å². The number of para-hydroxylation sites is 1. The van der Waals surface area contributed by atoms with Gasteiger partial charge in [-0.15, -0.1) is 0 Å². The number of nitro benzene ring substituents is 1. The highest BCUT2D eigenvalue weighted by molar-refractivity contribution is 5.98. The van der Waals surface area contributed by atoms with Crippen LogP contribution in [0, 0.1) is 10.1 Å². The molecule has 0 unspecified atom stereocenters. The highest BCUT2D eigenvalue weighted by Gasteiger charge is 2.27. The molecule has 0 bridgehead atoms. The standard InChI is InChI=1S/C16H17N3O5/c20-15-13(4-1-5-14(15)19(22)23)16(21)18-8-6-17(7-9-18)11-12-3-2-10-24-12/h1-5,10,20H,6-9,11H2. The van der Waals surface area contributed by atoms with E-state index in [-0.39, 0.29) is 5.56 Å². The maximum absolute atomic E-state index is 12.5. The van der Waals surface area contributed by atoms with Crippen LogP contribution in [0.1, 0.15) is 16.1 Å². The lowest BCUT2D eigenvalue weighted by Gasteiger charge is -2.34. The smallest absolute Gasteiger partial charge is 0.311 e. The van der Waals surface area contributed by atoms with Crippen molar-refractivity contribution in [3.05, 3.63) is 58.0 Å². The van der Waals surface area contributed by atoms with Crippen LogP contribution < -0.4 is 0 Å². The summed E-state index contributed by atoms with van der Waals surface area (Å²) in [4.78, 5) is 26.5. The fourth-order valence-electron chi connectivity index (χ4n) is 2.75. The lowest BCUT2D eigenvalue weighted by atomic mass is 10.1. The first-order chi connectivity index (χ1) is 11.6. The third kappa shape index (κ3) is 3.23. The third-order valence-corrected chi connectivity index (χ3v) is 4.06. The number of nitrogens with zero attached hydrogens (tertiary/aromatic N) is 3. The molecule has 24 heavy (non-hydrogen) atoms. The number of rotatable bonds is 4. The van der Waals surface area contributed by atoms with Crippen molar-refractivity contribution < 1.29 is 19.2 Å². The summed E-state index contributed by atoms with van der Waals surface area (Å²) in [6.07, 6.45) is 1.63. The summed E-state index contributed by atoms with van der Waals surface area (Å²) in [7, 11) is 0. The fourth-order valence-corrected chi connectivity index (χ4v) is 2.75. The molecule has 3 rings (SSSR count). The minimum atomic E-state index is -0.701. The number of carbonyl (C=O) groups excluding carboxylic acids is 1. The molecule has 8 nitrogen and oxygen atoms in total. The molecule has 1 aliphatic rings. The van der Waals surface area contributed by atoms with E-state index in [0.29, 0.717) is 32.7 Å². The summed E-state index contributed by atoms with van der Waals surface area (Å²) >= 11 is 0. The monoisotopic (exact) mass is 331 g/mol. The van der Waals surface area contributed by atoms with E-state index in [1.807, 2.05) is 12.1 Å². The number of aromatic hydroxyl groups is 1. The molecule has 1 amide bonds. The lowest BCUT2D eigenvalue weighted by Crippen LogP contribution is -2.48. The molecule has 0 saturated carbocycles. The van der Waals surface area contributed by atoms with Crippen molar-refractivity contribution in [3.8, 4) is 5.75 Å². The van der Waals surface area contributed by atoms with Crippen LogP contribution in [0.15, 0.2) is 41.0 Å². The van der Waals surface area contributed by atoms with Gasteiger partial charge in [-0.05, 0) is 18.2 Å². The summed E-state index contributed by atoms with van der Waals surface area (Å²) in [6, 6.07) is 7.71. The summed E-state index contributed by atoms with van der Waals surface area (Å²) in [5.41, 5.74) is -0.499. The Bertz CT molecular complexity index is 736. The summed E-state index contributed by atoms with van der Waals surface area (Å²) in [5.74, 6) is -0.106. The molecule has 1 fully saturated rings. The van der Waals surface area contributed by atoms with Crippen LogP contribution in [-0.4, -0.2) is 51.9 Å². The van der Waals surface area contributed by atoms with E-state index in [1.165, 1.54) is 18.2 Å². The molecule has 8 heteroatoms. The Balaban J connectivity index is 1.65. The summed E-state index contributed by atoms with van der Waals surface area (Å²) in [5, 5.41) is 20.8. The van der Waals surface area contributed by atoms with E-state index >= 15 is 0 Å². The van der Waals surface area contributed by atoms with Gasteiger partial charge in [0.15, 0.2) is 0 Å². The van der Waals surface area contributed by atoms with Gasteiger partial charge in [0, 0.05) is 32.2 Å².